The first kappa shape index (κ1) is 12.4. The molecule has 2 saturated carbocycles. The first-order valence-electron chi connectivity index (χ1n) is 6.93. The lowest BCUT2D eigenvalue weighted by Gasteiger charge is -2.42. The van der Waals surface area contributed by atoms with Crippen LogP contribution < -0.4 is 5.32 Å². The van der Waals surface area contributed by atoms with Crippen molar-refractivity contribution in [3.8, 4) is 0 Å². The largest absolute Gasteiger partial charge is 0.368 e. The Morgan fingerprint density at radius 1 is 1.12 bits per heavy atom. The van der Waals surface area contributed by atoms with Gasteiger partial charge in [0, 0.05) is 12.6 Å². The molecule has 0 unspecified atom stereocenters. The molecule has 2 fully saturated rings. The van der Waals surface area contributed by atoms with Crippen molar-refractivity contribution >= 4 is 0 Å². The Kier molecular flexibility index (Phi) is 3.60. The van der Waals surface area contributed by atoms with E-state index in [0.717, 1.165) is 12.6 Å². The number of nitrogens with one attached hydrogen (secondary N) is 1. The van der Waals surface area contributed by atoms with Crippen molar-refractivity contribution in [2.24, 2.45) is 0 Å². The van der Waals surface area contributed by atoms with E-state index in [1.165, 1.54) is 44.9 Å². The summed E-state index contributed by atoms with van der Waals surface area (Å²) in [5.74, 6) is 0. The van der Waals surface area contributed by atoms with Gasteiger partial charge in [0.2, 0.25) is 0 Å². The van der Waals surface area contributed by atoms with Crippen molar-refractivity contribution in [1.82, 2.24) is 5.32 Å². The van der Waals surface area contributed by atoms with E-state index in [1.807, 2.05) is 0 Å². The molecule has 2 aliphatic rings. The Morgan fingerprint density at radius 2 is 1.75 bits per heavy atom. The van der Waals surface area contributed by atoms with Gasteiger partial charge in [0.25, 0.3) is 0 Å². The fraction of sp³-hybridized carbons (Fsp3) is 1.00. The predicted octanol–water partition coefficient (Wildman–Crippen LogP) is 3.26. The van der Waals surface area contributed by atoms with E-state index in [0.29, 0.717) is 0 Å². The maximum Gasteiger partial charge on any atom is 0.0813 e. The number of hydrogen-bond acceptors (Lipinski definition) is 2. The van der Waals surface area contributed by atoms with Crippen LogP contribution in [0.1, 0.15) is 65.7 Å². The highest BCUT2D eigenvalue weighted by atomic mass is 16.5. The van der Waals surface area contributed by atoms with E-state index in [4.69, 9.17) is 4.74 Å². The predicted molar refractivity (Wildman–Crippen MR) is 67.7 cm³/mol. The smallest absolute Gasteiger partial charge is 0.0813 e. The summed E-state index contributed by atoms with van der Waals surface area (Å²) in [6.07, 6.45) is 9.27. The minimum atomic E-state index is -0.0113. The lowest BCUT2D eigenvalue weighted by molar-refractivity contribution is -0.146. The van der Waals surface area contributed by atoms with Gasteiger partial charge in [0.15, 0.2) is 0 Å². The summed E-state index contributed by atoms with van der Waals surface area (Å²) in [4.78, 5) is 0. The molecule has 0 saturated heterocycles. The van der Waals surface area contributed by atoms with E-state index in [-0.39, 0.29) is 11.2 Å². The minimum Gasteiger partial charge on any atom is -0.368 e. The summed E-state index contributed by atoms with van der Waals surface area (Å²) in [6.45, 7) is 7.61. The summed E-state index contributed by atoms with van der Waals surface area (Å²) in [5, 5.41) is 3.66. The van der Waals surface area contributed by atoms with E-state index >= 15 is 0 Å². The minimum absolute atomic E-state index is 0.0113. The Morgan fingerprint density at radius 3 is 2.25 bits per heavy atom. The molecular formula is C14H27NO. The molecule has 16 heavy (non-hydrogen) atoms. The van der Waals surface area contributed by atoms with Crippen LogP contribution in [0.4, 0.5) is 0 Å². The van der Waals surface area contributed by atoms with E-state index in [1.54, 1.807) is 0 Å². The summed E-state index contributed by atoms with van der Waals surface area (Å²) < 4.78 is 6.38. The van der Waals surface area contributed by atoms with Gasteiger partial charge in [-0.1, -0.05) is 19.3 Å². The molecule has 0 amide bonds. The summed E-state index contributed by atoms with van der Waals surface area (Å²) in [6, 6.07) is 0.794. The summed E-state index contributed by atoms with van der Waals surface area (Å²) in [7, 11) is 0. The quantitative estimate of drug-likeness (QED) is 0.793. The SMILES string of the molecule is CC(C)(C)OC1(CNC2CC2)CCCCC1. The maximum atomic E-state index is 6.38. The fourth-order valence-electron chi connectivity index (χ4n) is 2.78. The average molecular weight is 225 g/mol. The zero-order chi connectivity index (χ0) is 11.6. The van der Waals surface area contributed by atoms with Gasteiger partial charge in [0.1, 0.15) is 0 Å². The molecule has 94 valence electrons. The third-order valence-corrected chi connectivity index (χ3v) is 3.58. The van der Waals surface area contributed by atoms with E-state index < -0.39 is 0 Å². The monoisotopic (exact) mass is 225 g/mol. The molecule has 2 rings (SSSR count). The number of hydrogen-bond donors (Lipinski definition) is 1. The lowest BCUT2D eigenvalue weighted by atomic mass is 9.83. The molecule has 0 atom stereocenters. The highest BCUT2D eigenvalue weighted by Crippen LogP contribution is 2.35. The van der Waals surface area contributed by atoms with Crippen molar-refractivity contribution in [2.75, 3.05) is 6.54 Å². The highest BCUT2D eigenvalue weighted by molar-refractivity contribution is 4.92. The van der Waals surface area contributed by atoms with Crippen LogP contribution in [0.25, 0.3) is 0 Å². The zero-order valence-electron chi connectivity index (χ0n) is 11.1. The number of rotatable bonds is 4. The topological polar surface area (TPSA) is 21.3 Å². The second-order valence-electron chi connectivity index (χ2n) is 6.61. The lowest BCUT2D eigenvalue weighted by Crippen LogP contribution is -2.49. The molecule has 0 aliphatic heterocycles. The van der Waals surface area contributed by atoms with Crippen LogP contribution >= 0.6 is 0 Å². The molecule has 0 heterocycles. The second-order valence-corrected chi connectivity index (χ2v) is 6.61. The van der Waals surface area contributed by atoms with Crippen LogP contribution in [0.2, 0.25) is 0 Å². The molecule has 0 aromatic carbocycles. The van der Waals surface area contributed by atoms with Gasteiger partial charge < -0.3 is 10.1 Å². The third kappa shape index (κ3) is 3.74. The molecule has 0 radical (unpaired) electrons. The molecule has 1 N–H and O–H groups in total. The van der Waals surface area contributed by atoms with Gasteiger partial charge in [-0.15, -0.1) is 0 Å². The van der Waals surface area contributed by atoms with Gasteiger partial charge in [0.05, 0.1) is 11.2 Å². The first-order valence-corrected chi connectivity index (χ1v) is 6.93. The first-order chi connectivity index (χ1) is 7.49. The Hall–Kier alpha value is -0.0800. The molecule has 2 heteroatoms. The maximum absolute atomic E-state index is 6.38. The van der Waals surface area contributed by atoms with Crippen LogP contribution in [0, 0.1) is 0 Å². The van der Waals surface area contributed by atoms with Crippen molar-refractivity contribution in [3.05, 3.63) is 0 Å². The normalized spacial score (nSPS) is 25.7. The molecule has 2 nitrogen and oxygen atoms in total. The molecule has 0 aromatic heterocycles. The van der Waals surface area contributed by atoms with E-state index in [2.05, 4.69) is 26.1 Å². The summed E-state index contributed by atoms with van der Waals surface area (Å²) in [5.41, 5.74) is 0.113. The van der Waals surface area contributed by atoms with Crippen LogP contribution in [0.3, 0.4) is 0 Å². The van der Waals surface area contributed by atoms with Crippen molar-refractivity contribution < 1.29 is 4.74 Å². The fourth-order valence-corrected chi connectivity index (χ4v) is 2.78. The Labute approximate surface area is 100 Å². The van der Waals surface area contributed by atoms with Crippen LogP contribution in [-0.2, 0) is 4.74 Å². The standard InChI is InChI=1S/C14H27NO/c1-13(2,3)16-14(9-5-4-6-10-14)11-15-12-7-8-12/h12,15H,4-11H2,1-3H3. The van der Waals surface area contributed by atoms with Crippen molar-refractivity contribution in [1.29, 1.82) is 0 Å². The van der Waals surface area contributed by atoms with Crippen molar-refractivity contribution in [2.45, 2.75) is 83.0 Å². The van der Waals surface area contributed by atoms with Crippen LogP contribution in [0.5, 0.6) is 0 Å². The van der Waals surface area contributed by atoms with Gasteiger partial charge in [-0.2, -0.15) is 0 Å². The molecule has 0 aromatic rings. The van der Waals surface area contributed by atoms with Gasteiger partial charge in [-0.05, 0) is 46.5 Å². The van der Waals surface area contributed by atoms with Crippen LogP contribution in [-0.4, -0.2) is 23.8 Å². The summed E-state index contributed by atoms with van der Waals surface area (Å²) >= 11 is 0. The van der Waals surface area contributed by atoms with Gasteiger partial charge in [-0.25, -0.2) is 0 Å². The van der Waals surface area contributed by atoms with Gasteiger partial charge in [-0.3, -0.25) is 0 Å². The second kappa shape index (κ2) is 4.66. The molecule has 0 spiro atoms. The third-order valence-electron chi connectivity index (χ3n) is 3.58. The van der Waals surface area contributed by atoms with Crippen LogP contribution in [0.15, 0.2) is 0 Å². The Bertz CT molecular complexity index is 221. The molecule has 0 bridgehead atoms. The van der Waals surface area contributed by atoms with E-state index in [9.17, 15) is 0 Å². The highest BCUT2D eigenvalue weighted by Gasteiger charge is 2.37. The average Bonchev–Trinajstić information content (AvgIpc) is 2.97. The molecular weight excluding hydrogens is 198 g/mol. The number of ether oxygens (including phenoxy) is 1. The van der Waals surface area contributed by atoms with Gasteiger partial charge >= 0.3 is 0 Å². The van der Waals surface area contributed by atoms with Crippen molar-refractivity contribution in [3.63, 3.8) is 0 Å². The molecule has 2 aliphatic carbocycles. The zero-order valence-corrected chi connectivity index (χ0v) is 11.1. The Balaban J connectivity index is 1.92.